The van der Waals surface area contributed by atoms with Gasteiger partial charge in [-0.05, 0) is 70.9 Å². The number of piperidine rings is 1. The molecule has 0 atom stereocenters. The van der Waals surface area contributed by atoms with Crippen LogP contribution in [-0.4, -0.2) is 51.7 Å². The molecule has 0 spiro atoms. The third-order valence-electron chi connectivity index (χ3n) is 6.09. The molecule has 7 nitrogen and oxygen atoms in total. The molecule has 1 N–H and O–H groups in total. The predicted molar refractivity (Wildman–Crippen MR) is 131 cm³/mol. The Kier molecular flexibility index (Phi) is 6.41. The number of rotatable bonds is 4. The van der Waals surface area contributed by atoms with Crippen LogP contribution < -0.4 is 4.74 Å². The Labute approximate surface area is 200 Å². The number of ether oxygens (including phenoxy) is 2. The van der Waals surface area contributed by atoms with E-state index in [1.54, 1.807) is 12.0 Å². The number of hydrogen-bond acceptors (Lipinski definition) is 5. The van der Waals surface area contributed by atoms with Gasteiger partial charge in [0.15, 0.2) is 0 Å². The minimum Gasteiger partial charge on any atom is -0.497 e. The Hall–Kier alpha value is -3.32. The van der Waals surface area contributed by atoms with Gasteiger partial charge in [0.1, 0.15) is 17.0 Å². The third kappa shape index (κ3) is 5.09. The van der Waals surface area contributed by atoms with Gasteiger partial charge in [-0.3, -0.25) is 0 Å². The van der Waals surface area contributed by atoms with E-state index in [1.807, 2.05) is 55.8 Å². The lowest BCUT2D eigenvalue weighted by Gasteiger charge is -2.37. The van der Waals surface area contributed by atoms with E-state index >= 15 is 0 Å². The van der Waals surface area contributed by atoms with Crippen LogP contribution in [0.4, 0.5) is 4.79 Å². The molecular weight excluding hydrogens is 430 g/mol. The monoisotopic (exact) mass is 463 g/mol. The second-order valence-electron chi connectivity index (χ2n) is 9.89. The summed E-state index contributed by atoms with van der Waals surface area (Å²) in [6.45, 7) is 8.41. The molecule has 0 radical (unpaired) electrons. The minimum atomic E-state index is -1.13. The van der Waals surface area contributed by atoms with Crippen molar-refractivity contribution >= 4 is 6.09 Å². The fourth-order valence-corrected chi connectivity index (χ4v) is 4.10. The summed E-state index contributed by atoms with van der Waals surface area (Å²) in [6.07, 6.45) is 0.428. The molecule has 0 saturated carbocycles. The van der Waals surface area contributed by atoms with Crippen molar-refractivity contribution < 1.29 is 19.4 Å². The number of aryl methyl sites for hydroxylation is 1. The van der Waals surface area contributed by atoms with Gasteiger partial charge < -0.3 is 19.5 Å². The molecule has 180 valence electrons. The van der Waals surface area contributed by atoms with Gasteiger partial charge >= 0.3 is 6.09 Å². The molecular formula is C27H33N3O4. The molecule has 1 aromatic heterocycles. The Morgan fingerprint density at radius 1 is 1.03 bits per heavy atom. The zero-order valence-electron chi connectivity index (χ0n) is 20.5. The van der Waals surface area contributed by atoms with E-state index in [0.29, 0.717) is 31.6 Å². The first-order chi connectivity index (χ1) is 16.1. The lowest BCUT2D eigenvalue weighted by Crippen LogP contribution is -2.47. The summed E-state index contributed by atoms with van der Waals surface area (Å²) in [5.74, 6) is 0.765. The van der Waals surface area contributed by atoms with Crippen molar-refractivity contribution in [3.05, 3.63) is 65.9 Å². The molecule has 1 aliphatic rings. The zero-order valence-corrected chi connectivity index (χ0v) is 20.5. The second-order valence-corrected chi connectivity index (χ2v) is 9.89. The van der Waals surface area contributed by atoms with Crippen LogP contribution >= 0.6 is 0 Å². The smallest absolute Gasteiger partial charge is 0.410 e. The van der Waals surface area contributed by atoms with Crippen molar-refractivity contribution in [3.63, 3.8) is 0 Å². The maximum atomic E-state index is 12.5. The number of hydrogen-bond donors (Lipinski definition) is 1. The molecule has 1 saturated heterocycles. The summed E-state index contributed by atoms with van der Waals surface area (Å²) < 4.78 is 12.6. The van der Waals surface area contributed by atoms with E-state index in [4.69, 9.17) is 14.6 Å². The third-order valence-corrected chi connectivity index (χ3v) is 6.09. The highest BCUT2D eigenvalue weighted by atomic mass is 16.6. The number of benzene rings is 2. The fourth-order valence-electron chi connectivity index (χ4n) is 4.10. The molecule has 1 amide bonds. The van der Waals surface area contributed by atoms with E-state index in [-0.39, 0.29) is 6.09 Å². The first-order valence-corrected chi connectivity index (χ1v) is 11.6. The fraction of sp³-hybridized carbons (Fsp3) is 0.407. The summed E-state index contributed by atoms with van der Waals surface area (Å²) in [4.78, 5) is 14.1. The molecule has 1 aliphatic heterocycles. The van der Waals surface area contributed by atoms with Gasteiger partial charge in [-0.15, -0.1) is 0 Å². The number of carbonyl (C=O) groups is 1. The second kappa shape index (κ2) is 9.14. The maximum Gasteiger partial charge on any atom is 0.410 e. The summed E-state index contributed by atoms with van der Waals surface area (Å²) >= 11 is 0. The van der Waals surface area contributed by atoms with E-state index in [2.05, 4.69) is 31.2 Å². The lowest BCUT2D eigenvalue weighted by molar-refractivity contribution is -0.0383. The Balaban J connectivity index is 1.64. The van der Waals surface area contributed by atoms with E-state index in [1.165, 1.54) is 5.56 Å². The Morgan fingerprint density at radius 3 is 2.21 bits per heavy atom. The van der Waals surface area contributed by atoms with Crippen LogP contribution in [0, 0.1) is 6.92 Å². The standard InChI is InChI=1S/C27H33N3O4/c1-19-6-8-20(9-7-19)23-18-24(28-30(23)21-10-12-22(33-5)13-11-21)27(32)14-16-29(17-15-27)25(31)34-26(2,3)4/h6-13,18,32H,14-17H2,1-5H3. The average molecular weight is 464 g/mol. The molecule has 4 rings (SSSR count). The van der Waals surface area contributed by atoms with Crippen LogP contribution in [0.15, 0.2) is 54.6 Å². The van der Waals surface area contributed by atoms with Crippen LogP contribution in [0.1, 0.15) is 44.9 Å². The Morgan fingerprint density at radius 2 is 1.65 bits per heavy atom. The van der Waals surface area contributed by atoms with Crippen molar-refractivity contribution in [1.82, 2.24) is 14.7 Å². The van der Waals surface area contributed by atoms with E-state index in [0.717, 1.165) is 22.7 Å². The van der Waals surface area contributed by atoms with Crippen LogP contribution in [0.2, 0.25) is 0 Å². The number of carbonyl (C=O) groups excluding carboxylic acids is 1. The molecule has 0 unspecified atom stereocenters. The highest BCUT2D eigenvalue weighted by Crippen LogP contribution is 2.36. The molecule has 3 aromatic rings. The zero-order chi connectivity index (χ0) is 24.5. The molecule has 2 aromatic carbocycles. The molecule has 34 heavy (non-hydrogen) atoms. The molecule has 2 heterocycles. The topological polar surface area (TPSA) is 76.8 Å². The largest absolute Gasteiger partial charge is 0.497 e. The van der Waals surface area contributed by atoms with Gasteiger partial charge in [-0.1, -0.05) is 29.8 Å². The van der Waals surface area contributed by atoms with Crippen molar-refractivity contribution in [3.8, 4) is 22.7 Å². The molecule has 0 bridgehead atoms. The predicted octanol–water partition coefficient (Wildman–Crippen LogP) is 5.07. The van der Waals surface area contributed by atoms with Gasteiger partial charge in [0.25, 0.3) is 0 Å². The number of methoxy groups -OCH3 is 1. The Bertz CT molecular complexity index is 1140. The molecule has 7 heteroatoms. The summed E-state index contributed by atoms with van der Waals surface area (Å²) in [5.41, 5.74) is 2.87. The van der Waals surface area contributed by atoms with Crippen molar-refractivity contribution in [2.45, 2.75) is 51.7 Å². The van der Waals surface area contributed by atoms with Gasteiger partial charge in [-0.2, -0.15) is 5.10 Å². The van der Waals surface area contributed by atoms with Crippen LogP contribution in [0.25, 0.3) is 16.9 Å². The van der Waals surface area contributed by atoms with E-state index < -0.39 is 11.2 Å². The number of nitrogens with zero attached hydrogens (tertiary/aromatic N) is 3. The van der Waals surface area contributed by atoms with Crippen LogP contribution in [-0.2, 0) is 10.3 Å². The number of likely N-dealkylation sites (tertiary alicyclic amines) is 1. The normalized spacial score (nSPS) is 15.8. The summed E-state index contributed by atoms with van der Waals surface area (Å²) in [6, 6.07) is 17.9. The van der Waals surface area contributed by atoms with Crippen molar-refractivity contribution in [1.29, 1.82) is 0 Å². The van der Waals surface area contributed by atoms with E-state index in [9.17, 15) is 9.90 Å². The molecule has 1 fully saturated rings. The van der Waals surface area contributed by atoms with Crippen molar-refractivity contribution in [2.75, 3.05) is 20.2 Å². The highest BCUT2D eigenvalue weighted by Gasteiger charge is 2.39. The minimum absolute atomic E-state index is 0.348. The average Bonchev–Trinajstić information content (AvgIpc) is 3.25. The molecule has 0 aliphatic carbocycles. The van der Waals surface area contributed by atoms with Gasteiger partial charge in [-0.25, -0.2) is 9.48 Å². The quantitative estimate of drug-likeness (QED) is 0.584. The summed E-state index contributed by atoms with van der Waals surface area (Å²) in [5, 5.41) is 16.4. The van der Waals surface area contributed by atoms with Gasteiger partial charge in [0.2, 0.25) is 0 Å². The lowest BCUT2D eigenvalue weighted by atomic mass is 9.88. The van der Waals surface area contributed by atoms with Crippen LogP contribution in [0.5, 0.6) is 5.75 Å². The van der Waals surface area contributed by atoms with Gasteiger partial charge in [0, 0.05) is 18.7 Å². The maximum absolute atomic E-state index is 12.5. The first kappa shape index (κ1) is 23.8. The SMILES string of the molecule is COc1ccc(-n2nc(C3(O)CCN(C(=O)OC(C)(C)C)CC3)cc2-c2ccc(C)cc2)cc1. The number of aliphatic hydroxyl groups is 1. The number of amides is 1. The van der Waals surface area contributed by atoms with Crippen LogP contribution in [0.3, 0.4) is 0 Å². The number of aromatic nitrogens is 2. The summed E-state index contributed by atoms with van der Waals surface area (Å²) in [7, 11) is 1.64. The highest BCUT2D eigenvalue weighted by molar-refractivity contribution is 5.68. The van der Waals surface area contributed by atoms with Gasteiger partial charge in [0.05, 0.1) is 24.2 Å². The van der Waals surface area contributed by atoms with Crippen molar-refractivity contribution in [2.24, 2.45) is 0 Å². The first-order valence-electron chi connectivity index (χ1n) is 11.6.